The summed E-state index contributed by atoms with van der Waals surface area (Å²) in [7, 11) is 0. The number of cyclic esters (lactones) is 1. The fourth-order valence-electron chi connectivity index (χ4n) is 3.12. The highest BCUT2D eigenvalue weighted by Gasteiger charge is 2.32. The van der Waals surface area contributed by atoms with Gasteiger partial charge in [0.05, 0.1) is 37.6 Å². The summed E-state index contributed by atoms with van der Waals surface area (Å²) in [4.78, 5) is 14.8. The smallest absolute Gasteiger partial charge is 0.414 e. The van der Waals surface area contributed by atoms with Crippen molar-refractivity contribution in [3.05, 3.63) is 47.1 Å². The van der Waals surface area contributed by atoms with Gasteiger partial charge in [0.25, 0.3) is 0 Å². The van der Waals surface area contributed by atoms with E-state index in [2.05, 4.69) is 5.10 Å². The Bertz CT molecular complexity index is 905. The van der Waals surface area contributed by atoms with E-state index in [9.17, 15) is 9.18 Å². The minimum Gasteiger partial charge on any atom is -0.448 e. The molecule has 2 aliphatic heterocycles. The van der Waals surface area contributed by atoms with E-state index in [4.69, 9.17) is 25.9 Å². The normalized spacial score (nSPS) is 19.5. The van der Waals surface area contributed by atoms with Crippen molar-refractivity contribution in [3.63, 3.8) is 0 Å². The summed E-state index contributed by atoms with van der Waals surface area (Å²) in [6.07, 6.45) is 0.358. The van der Waals surface area contributed by atoms with Crippen molar-refractivity contribution >= 4 is 35.4 Å². The van der Waals surface area contributed by atoms with E-state index >= 15 is 0 Å². The van der Waals surface area contributed by atoms with Crippen molar-refractivity contribution in [2.24, 2.45) is 5.10 Å². The third-order valence-corrected chi connectivity index (χ3v) is 4.75. The fraction of sp³-hybridized carbons (Fsp3) is 0.333. The Hall–Kier alpha value is -2.78. The summed E-state index contributed by atoms with van der Waals surface area (Å²) in [5.74, 6) is 0.222. The monoisotopic (exact) mass is 408 g/mol. The van der Waals surface area contributed by atoms with Crippen LogP contribution in [0, 0.1) is 5.82 Å². The standard InChI is InChI=1S/C18H18ClFN4O4/c19-17-4-2-13(27-17)8-23-6-5-22(11-21-23)16-3-1-12(7-15(16)20)24-9-14(10-25)28-18(24)26/h1-4,7,11,14,25H,5-6,8-10H2. The maximum atomic E-state index is 14.7. The van der Waals surface area contributed by atoms with Crippen LogP contribution in [0.4, 0.5) is 20.6 Å². The molecule has 1 fully saturated rings. The zero-order valence-electron chi connectivity index (χ0n) is 14.8. The summed E-state index contributed by atoms with van der Waals surface area (Å²) < 4.78 is 25.0. The molecule has 2 aromatic rings. The maximum absolute atomic E-state index is 14.7. The second kappa shape index (κ2) is 7.69. The second-order valence-corrected chi connectivity index (χ2v) is 6.83. The highest BCUT2D eigenvalue weighted by Crippen LogP contribution is 2.28. The summed E-state index contributed by atoms with van der Waals surface area (Å²) in [6.45, 7) is 1.50. The molecule has 8 nitrogen and oxygen atoms in total. The van der Waals surface area contributed by atoms with Crippen LogP contribution in [0.1, 0.15) is 5.76 Å². The van der Waals surface area contributed by atoms with Gasteiger partial charge in [-0.25, -0.2) is 9.18 Å². The molecule has 0 saturated carbocycles. The number of aliphatic hydroxyl groups excluding tert-OH is 1. The van der Waals surface area contributed by atoms with Crippen molar-refractivity contribution in [2.75, 3.05) is 36.0 Å². The zero-order chi connectivity index (χ0) is 19.7. The SMILES string of the molecule is O=C1OC(CO)CN1c1ccc(N2C=NN(Cc3ccc(Cl)o3)CC2)c(F)c1. The van der Waals surface area contributed by atoms with Gasteiger partial charge in [0, 0.05) is 6.54 Å². The fourth-order valence-corrected chi connectivity index (χ4v) is 3.28. The predicted molar refractivity (Wildman–Crippen MR) is 101 cm³/mol. The van der Waals surface area contributed by atoms with Gasteiger partial charge in [-0.3, -0.25) is 9.91 Å². The largest absolute Gasteiger partial charge is 0.448 e. The molecule has 0 spiro atoms. The number of carbonyl (C=O) groups is 1. The molecular formula is C18H18ClFN4O4. The summed E-state index contributed by atoms with van der Waals surface area (Å²) in [5, 5.41) is 15.6. The van der Waals surface area contributed by atoms with Crippen LogP contribution >= 0.6 is 11.6 Å². The first-order valence-corrected chi connectivity index (χ1v) is 9.10. The number of rotatable bonds is 5. The lowest BCUT2D eigenvalue weighted by Gasteiger charge is -2.30. The van der Waals surface area contributed by atoms with Crippen LogP contribution in [-0.2, 0) is 11.3 Å². The molecular weight excluding hydrogens is 391 g/mol. The van der Waals surface area contributed by atoms with Gasteiger partial charge >= 0.3 is 6.09 Å². The van der Waals surface area contributed by atoms with Gasteiger partial charge in [-0.2, -0.15) is 5.10 Å². The van der Waals surface area contributed by atoms with Crippen molar-refractivity contribution in [2.45, 2.75) is 12.6 Å². The number of nitrogens with zero attached hydrogens (tertiary/aromatic N) is 4. The number of anilines is 2. The lowest BCUT2D eigenvalue weighted by atomic mass is 10.2. The van der Waals surface area contributed by atoms with E-state index < -0.39 is 18.0 Å². The van der Waals surface area contributed by atoms with Crippen LogP contribution in [0.2, 0.25) is 5.22 Å². The van der Waals surface area contributed by atoms with Gasteiger partial charge < -0.3 is 19.2 Å². The summed E-state index contributed by atoms with van der Waals surface area (Å²) >= 11 is 5.77. The quantitative estimate of drug-likeness (QED) is 0.819. The molecule has 28 heavy (non-hydrogen) atoms. The maximum Gasteiger partial charge on any atom is 0.414 e. The van der Waals surface area contributed by atoms with Gasteiger partial charge in [-0.15, -0.1) is 0 Å². The molecule has 1 aromatic carbocycles. The third kappa shape index (κ3) is 3.76. The van der Waals surface area contributed by atoms with Gasteiger partial charge in [-0.1, -0.05) is 0 Å². The average Bonchev–Trinajstić information content (AvgIpc) is 3.27. The number of aliphatic hydroxyl groups is 1. The van der Waals surface area contributed by atoms with E-state index in [1.165, 1.54) is 11.0 Å². The number of ether oxygens (including phenoxy) is 1. The number of amides is 1. The van der Waals surface area contributed by atoms with Crippen LogP contribution in [0.3, 0.4) is 0 Å². The summed E-state index contributed by atoms with van der Waals surface area (Å²) in [6, 6.07) is 7.98. The Labute approximate surface area is 165 Å². The highest BCUT2D eigenvalue weighted by atomic mass is 35.5. The Kier molecular flexibility index (Phi) is 5.10. The number of hydrazone groups is 1. The molecule has 2 aliphatic rings. The topological polar surface area (TPSA) is 81.8 Å². The van der Waals surface area contributed by atoms with Gasteiger partial charge in [0.15, 0.2) is 5.22 Å². The van der Waals surface area contributed by atoms with Gasteiger partial charge in [-0.05, 0) is 41.9 Å². The van der Waals surface area contributed by atoms with E-state index in [1.54, 1.807) is 40.5 Å². The molecule has 4 rings (SSSR count). The van der Waals surface area contributed by atoms with E-state index in [-0.39, 0.29) is 13.2 Å². The molecule has 3 heterocycles. The molecule has 1 amide bonds. The Morgan fingerprint density at radius 2 is 2.14 bits per heavy atom. The highest BCUT2D eigenvalue weighted by molar-refractivity contribution is 6.28. The van der Waals surface area contributed by atoms with Crippen LogP contribution in [0.5, 0.6) is 0 Å². The Morgan fingerprint density at radius 3 is 2.75 bits per heavy atom. The molecule has 1 aromatic heterocycles. The first-order valence-electron chi connectivity index (χ1n) is 8.72. The number of hydrogen-bond acceptors (Lipinski definition) is 7. The molecule has 10 heteroatoms. The molecule has 1 N–H and O–H groups in total. The molecule has 0 radical (unpaired) electrons. The average molecular weight is 409 g/mol. The molecule has 1 atom stereocenters. The molecule has 1 saturated heterocycles. The van der Waals surface area contributed by atoms with Crippen molar-refractivity contribution in [3.8, 4) is 0 Å². The predicted octanol–water partition coefficient (Wildman–Crippen LogP) is 2.66. The van der Waals surface area contributed by atoms with Crippen molar-refractivity contribution in [1.29, 1.82) is 0 Å². The number of benzene rings is 1. The first-order chi connectivity index (χ1) is 13.5. The van der Waals surface area contributed by atoms with Crippen LogP contribution in [-0.4, -0.2) is 54.9 Å². The zero-order valence-corrected chi connectivity index (χ0v) is 15.5. The van der Waals surface area contributed by atoms with Crippen LogP contribution in [0.25, 0.3) is 0 Å². The van der Waals surface area contributed by atoms with E-state index in [1.807, 2.05) is 0 Å². The minimum atomic E-state index is -0.598. The Balaban J connectivity index is 1.44. The van der Waals surface area contributed by atoms with Crippen LogP contribution < -0.4 is 9.80 Å². The van der Waals surface area contributed by atoms with Crippen LogP contribution in [0.15, 0.2) is 39.9 Å². The minimum absolute atomic E-state index is 0.186. The van der Waals surface area contributed by atoms with E-state index in [0.29, 0.717) is 42.0 Å². The first kappa shape index (κ1) is 18.6. The summed E-state index contributed by atoms with van der Waals surface area (Å²) in [5.41, 5.74) is 0.743. The lowest BCUT2D eigenvalue weighted by Crippen LogP contribution is -2.38. The molecule has 0 aliphatic carbocycles. The molecule has 1 unspecified atom stereocenters. The number of halogens is 2. The van der Waals surface area contributed by atoms with Crippen molar-refractivity contribution < 1.29 is 23.4 Å². The lowest BCUT2D eigenvalue weighted by molar-refractivity contribution is 0.0963. The number of hydrogen-bond donors (Lipinski definition) is 1. The molecule has 148 valence electrons. The second-order valence-electron chi connectivity index (χ2n) is 6.45. The van der Waals surface area contributed by atoms with Gasteiger partial charge in [0.2, 0.25) is 0 Å². The van der Waals surface area contributed by atoms with Gasteiger partial charge in [0.1, 0.15) is 24.0 Å². The third-order valence-electron chi connectivity index (χ3n) is 4.55. The van der Waals surface area contributed by atoms with E-state index in [0.717, 1.165) is 0 Å². The number of furan rings is 1. The van der Waals surface area contributed by atoms with Crippen molar-refractivity contribution in [1.82, 2.24) is 5.01 Å². The Morgan fingerprint density at radius 1 is 1.29 bits per heavy atom. The molecule has 0 bridgehead atoms. The number of carbonyl (C=O) groups excluding carboxylic acids is 1.